The number of piperidine rings is 1. The van der Waals surface area contributed by atoms with Crippen molar-refractivity contribution in [3.05, 3.63) is 71.3 Å². The molecule has 2 aromatic carbocycles. The monoisotopic (exact) mass is 457 g/mol. The first-order valence-corrected chi connectivity index (χ1v) is 12.7. The van der Waals surface area contributed by atoms with Gasteiger partial charge in [0, 0.05) is 25.0 Å². The van der Waals surface area contributed by atoms with E-state index in [0.717, 1.165) is 57.3 Å². The molecule has 1 saturated heterocycles. The largest absolute Gasteiger partial charge is 0.481 e. The van der Waals surface area contributed by atoms with Gasteiger partial charge in [-0.2, -0.15) is 5.26 Å². The van der Waals surface area contributed by atoms with Gasteiger partial charge in [-0.15, -0.1) is 0 Å². The summed E-state index contributed by atoms with van der Waals surface area (Å²) in [4.78, 5) is 13.3. The number of rotatable bonds is 10. The Balaban J connectivity index is 1.24. The van der Waals surface area contributed by atoms with Gasteiger partial charge in [0.15, 0.2) is 0 Å². The van der Waals surface area contributed by atoms with Crippen LogP contribution >= 0.6 is 0 Å². The molecule has 3 aliphatic rings. The van der Waals surface area contributed by atoms with Crippen molar-refractivity contribution in [1.29, 1.82) is 5.26 Å². The molecule has 0 unspecified atom stereocenters. The molecule has 2 aromatic rings. The van der Waals surface area contributed by atoms with Crippen molar-refractivity contribution in [3.8, 4) is 6.07 Å². The molecule has 3 fully saturated rings. The summed E-state index contributed by atoms with van der Waals surface area (Å²) >= 11 is 0. The van der Waals surface area contributed by atoms with Gasteiger partial charge in [0.2, 0.25) is 0 Å². The summed E-state index contributed by atoms with van der Waals surface area (Å²) in [6.07, 6.45) is 6.55. The summed E-state index contributed by atoms with van der Waals surface area (Å²) in [6.45, 7) is 3.55. The maximum atomic E-state index is 11.0. The second-order valence-corrected chi connectivity index (χ2v) is 10.8. The highest BCUT2D eigenvalue weighted by atomic mass is 16.4. The number of carbonyl (C=O) groups is 1. The predicted molar refractivity (Wildman–Crippen MR) is 133 cm³/mol. The van der Waals surface area contributed by atoms with Crippen molar-refractivity contribution in [2.24, 2.45) is 5.41 Å². The molecule has 2 aliphatic carbocycles. The minimum absolute atomic E-state index is 0.178. The van der Waals surface area contributed by atoms with Gasteiger partial charge in [-0.1, -0.05) is 54.6 Å². The van der Waals surface area contributed by atoms with Crippen LogP contribution in [0.2, 0.25) is 0 Å². The van der Waals surface area contributed by atoms with Crippen LogP contribution in [0.4, 0.5) is 0 Å². The van der Waals surface area contributed by atoms with Crippen molar-refractivity contribution in [3.63, 3.8) is 0 Å². The van der Waals surface area contributed by atoms with Crippen LogP contribution in [-0.2, 0) is 16.6 Å². The first-order chi connectivity index (χ1) is 16.5. The van der Waals surface area contributed by atoms with Crippen LogP contribution in [0.25, 0.3) is 0 Å². The van der Waals surface area contributed by atoms with Gasteiger partial charge in [-0.05, 0) is 73.7 Å². The first kappa shape index (κ1) is 23.1. The molecule has 0 aromatic heterocycles. The Hall–Kier alpha value is -2.68. The number of nitriles is 1. The third kappa shape index (κ3) is 5.19. The highest BCUT2D eigenvalue weighted by Gasteiger charge is 2.45. The van der Waals surface area contributed by atoms with Crippen molar-refractivity contribution in [1.82, 2.24) is 10.2 Å². The van der Waals surface area contributed by atoms with E-state index in [-0.39, 0.29) is 17.3 Å². The number of nitrogens with one attached hydrogen (secondary N) is 1. The molecule has 1 aliphatic heterocycles. The van der Waals surface area contributed by atoms with Crippen LogP contribution in [0, 0.1) is 16.7 Å². The molecule has 0 amide bonds. The molecular formula is C29H35N3O2. The van der Waals surface area contributed by atoms with Crippen molar-refractivity contribution in [2.75, 3.05) is 26.2 Å². The fourth-order valence-corrected chi connectivity index (χ4v) is 5.72. The number of hydrogen-bond acceptors (Lipinski definition) is 4. The van der Waals surface area contributed by atoms with Crippen LogP contribution in [0.1, 0.15) is 61.1 Å². The fraction of sp³-hybridized carbons (Fsp3) is 0.517. The topological polar surface area (TPSA) is 76.4 Å². The Kier molecular flexibility index (Phi) is 6.46. The Morgan fingerprint density at radius 3 is 2.38 bits per heavy atom. The second kappa shape index (κ2) is 9.52. The van der Waals surface area contributed by atoms with Crippen molar-refractivity contribution < 1.29 is 9.90 Å². The van der Waals surface area contributed by atoms with Crippen molar-refractivity contribution >= 4 is 5.97 Å². The summed E-state index contributed by atoms with van der Waals surface area (Å²) < 4.78 is 0. The highest BCUT2D eigenvalue weighted by molar-refractivity contribution is 5.66. The molecule has 2 N–H and O–H groups in total. The van der Waals surface area contributed by atoms with E-state index in [9.17, 15) is 10.1 Å². The number of benzene rings is 2. The SMILES string of the molecule is N#CC1(c2ccc(CC3(CN[C@@H]4C[C@H]4c4ccccc4)CCN(CCC(=O)O)CC3)cc2)CC1. The van der Waals surface area contributed by atoms with E-state index in [0.29, 0.717) is 18.5 Å². The highest BCUT2D eigenvalue weighted by Crippen LogP contribution is 2.48. The number of aliphatic carboxylic acids is 1. The molecule has 5 heteroatoms. The number of likely N-dealkylation sites (tertiary alicyclic amines) is 1. The molecule has 0 bridgehead atoms. The molecule has 1 heterocycles. The maximum Gasteiger partial charge on any atom is 0.304 e. The summed E-state index contributed by atoms with van der Waals surface area (Å²) in [6, 6.07) is 22.7. The minimum Gasteiger partial charge on any atom is -0.481 e. The molecule has 34 heavy (non-hydrogen) atoms. The van der Waals surface area contributed by atoms with E-state index in [1.54, 1.807) is 0 Å². The number of carboxylic acids is 1. The Labute approximate surface area is 202 Å². The van der Waals surface area contributed by atoms with Crippen LogP contribution in [0.5, 0.6) is 0 Å². The quantitative estimate of drug-likeness (QED) is 0.550. The van der Waals surface area contributed by atoms with Gasteiger partial charge in [0.25, 0.3) is 0 Å². The molecule has 0 radical (unpaired) electrons. The van der Waals surface area contributed by atoms with E-state index < -0.39 is 5.97 Å². The average molecular weight is 458 g/mol. The normalized spacial score (nSPS) is 24.8. The molecule has 2 saturated carbocycles. The molecule has 178 valence electrons. The average Bonchev–Trinajstić information content (AvgIpc) is 3.79. The maximum absolute atomic E-state index is 11.0. The zero-order valence-corrected chi connectivity index (χ0v) is 19.9. The van der Waals surface area contributed by atoms with E-state index in [1.165, 1.54) is 17.5 Å². The number of nitrogens with zero attached hydrogens (tertiary/aromatic N) is 2. The number of hydrogen-bond donors (Lipinski definition) is 2. The van der Waals surface area contributed by atoms with E-state index >= 15 is 0 Å². The summed E-state index contributed by atoms with van der Waals surface area (Å²) in [5, 5.41) is 22.5. The Bertz CT molecular complexity index is 1030. The van der Waals surface area contributed by atoms with Crippen LogP contribution in [0.15, 0.2) is 54.6 Å². The third-order valence-corrected chi connectivity index (χ3v) is 8.37. The number of carboxylic acid groups (broad SMARTS) is 1. The zero-order chi connectivity index (χ0) is 23.6. The van der Waals surface area contributed by atoms with Gasteiger partial charge < -0.3 is 15.3 Å². The Morgan fingerprint density at radius 1 is 1.06 bits per heavy atom. The lowest BCUT2D eigenvalue weighted by molar-refractivity contribution is -0.137. The molecule has 5 nitrogen and oxygen atoms in total. The van der Waals surface area contributed by atoms with E-state index in [2.05, 4.69) is 70.9 Å². The van der Waals surface area contributed by atoms with E-state index in [1.807, 2.05) is 0 Å². The lowest BCUT2D eigenvalue weighted by Gasteiger charge is -2.42. The Morgan fingerprint density at radius 2 is 1.76 bits per heavy atom. The summed E-state index contributed by atoms with van der Waals surface area (Å²) in [7, 11) is 0. The van der Waals surface area contributed by atoms with Gasteiger partial charge in [-0.25, -0.2) is 0 Å². The standard InChI is InChI=1S/C29H35N3O2/c30-20-29(11-12-29)24-8-6-22(7-9-24)19-28(13-16-32(17-14-28)15-10-27(33)34)21-31-26-18-25(26)23-4-2-1-3-5-23/h1-9,25-26,31H,10-19,21H2,(H,33,34)/t25-,26+/m0/s1. The van der Waals surface area contributed by atoms with Gasteiger partial charge in [0.05, 0.1) is 17.9 Å². The molecule has 0 spiro atoms. The first-order valence-electron chi connectivity index (χ1n) is 12.7. The summed E-state index contributed by atoms with van der Waals surface area (Å²) in [5.74, 6) is -0.0982. The minimum atomic E-state index is -0.718. The smallest absolute Gasteiger partial charge is 0.304 e. The zero-order valence-electron chi connectivity index (χ0n) is 19.9. The lowest BCUT2D eigenvalue weighted by Crippen LogP contribution is -2.47. The van der Waals surface area contributed by atoms with Crippen LogP contribution < -0.4 is 5.32 Å². The summed E-state index contributed by atoms with van der Waals surface area (Å²) in [5.41, 5.74) is 3.88. The van der Waals surface area contributed by atoms with Crippen molar-refractivity contribution in [2.45, 2.75) is 62.3 Å². The van der Waals surface area contributed by atoms with Gasteiger partial charge >= 0.3 is 5.97 Å². The molecular weight excluding hydrogens is 422 g/mol. The van der Waals surface area contributed by atoms with Gasteiger partial charge in [-0.3, -0.25) is 4.79 Å². The second-order valence-electron chi connectivity index (χ2n) is 10.8. The molecule has 5 rings (SSSR count). The fourth-order valence-electron chi connectivity index (χ4n) is 5.72. The lowest BCUT2D eigenvalue weighted by atomic mass is 9.73. The van der Waals surface area contributed by atoms with Gasteiger partial charge in [0.1, 0.15) is 0 Å². The molecule has 2 atom stereocenters. The van der Waals surface area contributed by atoms with Crippen LogP contribution in [0.3, 0.4) is 0 Å². The van der Waals surface area contributed by atoms with Crippen LogP contribution in [-0.4, -0.2) is 48.2 Å². The predicted octanol–water partition coefficient (Wildman–Crippen LogP) is 4.49. The third-order valence-electron chi connectivity index (χ3n) is 8.37. The van der Waals surface area contributed by atoms with E-state index in [4.69, 9.17) is 5.11 Å².